The van der Waals surface area contributed by atoms with Crippen LogP contribution in [0.25, 0.3) is 0 Å². The van der Waals surface area contributed by atoms with Crippen molar-refractivity contribution >= 4 is 11.8 Å². The molecule has 0 aliphatic heterocycles. The van der Waals surface area contributed by atoms with E-state index in [1.54, 1.807) is 0 Å². The lowest BCUT2D eigenvalue weighted by Gasteiger charge is -2.34. The van der Waals surface area contributed by atoms with E-state index in [1.165, 1.54) is 0 Å². The third kappa shape index (κ3) is 2.07. The molecule has 0 saturated heterocycles. The highest BCUT2D eigenvalue weighted by molar-refractivity contribution is 5.85. The molecule has 3 rings (SSSR count). The summed E-state index contributed by atoms with van der Waals surface area (Å²) in [7, 11) is 0. The van der Waals surface area contributed by atoms with Crippen molar-refractivity contribution in [1.29, 1.82) is 0 Å². The summed E-state index contributed by atoms with van der Waals surface area (Å²) in [5.41, 5.74) is 2.06. The zero-order chi connectivity index (χ0) is 13.4. The number of hydrogen-bond donors (Lipinski definition) is 1. The van der Waals surface area contributed by atoms with Crippen LogP contribution in [0, 0.1) is 11.8 Å². The van der Waals surface area contributed by atoms with Gasteiger partial charge in [-0.15, -0.1) is 0 Å². The van der Waals surface area contributed by atoms with Gasteiger partial charge in [0.1, 0.15) is 5.78 Å². The normalized spacial score (nSPS) is 30.1. The molecule has 100 valence electrons. The number of carboxylic acids is 1. The third-order valence-electron chi connectivity index (χ3n) is 4.70. The van der Waals surface area contributed by atoms with E-state index in [-0.39, 0.29) is 17.6 Å². The van der Waals surface area contributed by atoms with E-state index >= 15 is 0 Å². The molecule has 3 atom stereocenters. The SMILES string of the molecule is O=C1CCCC1C1CCc2ccccc2C1C(=O)O. The summed E-state index contributed by atoms with van der Waals surface area (Å²) in [5, 5.41) is 9.59. The van der Waals surface area contributed by atoms with Gasteiger partial charge in [0, 0.05) is 12.3 Å². The number of aryl methyl sites for hydroxylation is 1. The first-order valence-electron chi connectivity index (χ1n) is 7.02. The first-order chi connectivity index (χ1) is 9.18. The van der Waals surface area contributed by atoms with Gasteiger partial charge in [0.2, 0.25) is 0 Å². The molecule has 1 saturated carbocycles. The van der Waals surface area contributed by atoms with Gasteiger partial charge in [0.05, 0.1) is 5.92 Å². The van der Waals surface area contributed by atoms with Crippen molar-refractivity contribution in [3.8, 4) is 0 Å². The number of Topliss-reactive ketones (excluding diaryl/α,β-unsaturated/α-hetero) is 1. The number of aliphatic carboxylic acids is 1. The highest BCUT2D eigenvalue weighted by Crippen LogP contribution is 2.44. The van der Waals surface area contributed by atoms with E-state index in [2.05, 4.69) is 0 Å². The lowest BCUT2D eigenvalue weighted by molar-refractivity contribution is -0.141. The number of ketones is 1. The Morgan fingerprint density at radius 2 is 1.95 bits per heavy atom. The molecule has 0 heterocycles. The van der Waals surface area contributed by atoms with Crippen LogP contribution in [0.3, 0.4) is 0 Å². The minimum absolute atomic E-state index is 0.0117. The predicted octanol–water partition coefficient (Wildman–Crippen LogP) is 2.79. The van der Waals surface area contributed by atoms with Crippen LogP contribution in [0.15, 0.2) is 24.3 Å². The van der Waals surface area contributed by atoms with E-state index in [1.807, 2.05) is 24.3 Å². The summed E-state index contributed by atoms with van der Waals surface area (Å²) in [4.78, 5) is 23.6. The first kappa shape index (κ1) is 12.4. The lowest BCUT2D eigenvalue weighted by atomic mass is 9.69. The number of carbonyl (C=O) groups is 2. The van der Waals surface area contributed by atoms with E-state index in [0.717, 1.165) is 36.8 Å². The zero-order valence-electron chi connectivity index (χ0n) is 10.8. The molecule has 1 aromatic carbocycles. The zero-order valence-corrected chi connectivity index (χ0v) is 10.8. The van der Waals surface area contributed by atoms with Crippen molar-refractivity contribution in [2.75, 3.05) is 0 Å². The van der Waals surface area contributed by atoms with Gasteiger partial charge in [0.25, 0.3) is 0 Å². The molecule has 3 heteroatoms. The fourth-order valence-corrected chi connectivity index (χ4v) is 3.83. The van der Waals surface area contributed by atoms with Crippen molar-refractivity contribution in [3.63, 3.8) is 0 Å². The maximum Gasteiger partial charge on any atom is 0.311 e. The highest BCUT2D eigenvalue weighted by atomic mass is 16.4. The molecule has 19 heavy (non-hydrogen) atoms. The monoisotopic (exact) mass is 258 g/mol. The van der Waals surface area contributed by atoms with Crippen molar-refractivity contribution < 1.29 is 14.7 Å². The molecule has 3 unspecified atom stereocenters. The molecule has 1 aromatic rings. The average molecular weight is 258 g/mol. The quantitative estimate of drug-likeness (QED) is 0.887. The van der Waals surface area contributed by atoms with Crippen LogP contribution in [-0.4, -0.2) is 16.9 Å². The second-order valence-corrected chi connectivity index (χ2v) is 5.68. The van der Waals surface area contributed by atoms with Crippen LogP contribution < -0.4 is 0 Å². The van der Waals surface area contributed by atoms with Crippen molar-refractivity contribution in [2.45, 2.75) is 38.0 Å². The molecular weight excluding hydrogens is 240 g/mol. The minimum Gasteiger partial charge on any atom is -0.481 e. The Bertz CT molecular complexity index is 520. The molecule has 0 spiro atoms. The Morgan fingerprint density at radius 1 is 1.16 bits per heavy atom. The van der Waals surface area contributed by atoms with Crippen LogP contribution in [0.5, 0.6) is 0 Å². The maximum atomic E-state index is 12.0. The fourth-order valence-electron chi connectivity index (χ4n) is 3.83. The maximum absolute atomic E-state index is 12.0. The molecule has 0 amide bonds. The molecular formula is C16H18O3. The van der Waals surface area contributed by atoms with Crippen molar-refractivity contribution in [3.05, 3.63) is 35.4 Å². The summed E-state index contributed by atoms with van der Waals surface area (Å²) in [6.07, 6.45) is 4.15. The average Bonchev–Trinajstić information content (AvgIpc) is 2.83. The number of rotatable bonds is 2. The summed E-state index contributed by atoms with van der Waals surface area (Å²) in [5.74, 6) is -1.05. The number of fused-ring (bicyclic) bond motifs is 1. The van der Waals surface area contributed by atoms with E-state index in [4.69, 9.17) is 0 Å². The topological polar surface area (TPSA) is 54.4 Å². The molecule has 1 fully saturated rings. The van der Waals surface area contributed by atoms with Gasteiger partial charge in [-0.2, -0.15) is 0 Å². The van der Waals surface area contributed by atoms with Gasteiger partial charge in [0.15, 0.2) is 0 Å². The molecule has 2 aliphatic carbocycles. The van der Waals surface area contributed by atoms with Gasteiger partial charge >= 0.3 is 5.97 Å². The van der Waals surface area contributed by atoms with Crippen LogP contribution in [-0.2, 0) is 16.0 Å². The number of benzene rings is 1. The van der Waals surface area contributed by atoms with Gasteiger partial charge in [-0.25, -0.2) is 0 Å². The minimum atomic E-state index is -0.781. The Hall–Kier alpha value is -1.64. The Kier molecular flexibility index (Phi) is 3.13. The van der Waals surface area contributed by atoms with Crippen molar-refractivity contribution in [2.24, 2.45) is 11.8 Å². The second-order valence-electron chi connectivity index (χ2n) is 5.68. The smallest absolute Gasteiger partial charge is 0.311 e. The Balaban J connectivity index is 1.98. The third-order valence-corrected chi connectivity index (χ3v) is 4.70. The Labute approximate surface area is 112 Å². The molecule has 3 nitrogen and oxygen atoms in total. The number of hydrogen-bond acceptors (Lipinski definition) is 2. The summed E-state index contributed by atoms with van der Waals surface area (Å²) in [6.45, 7) is 0. The van der Waals surface area contributed by atoms with Crippen LogP contribution in [0.1, 0.15) is 42.7 Å². The fraction of sp³-hybridized carbons (Fsp3) is 0.500. The number of carboxylic acid groups (broad SMARTS) is 1. The summed E-state index contributed by atoms with van der Waals surface area (Å²) in [6, 6.07) is 7.78. The van der Waals surface area contributed by atoms with Gasteiger partial charge < -0.3 is 5.11 Å². The first-order valence-corrected chi connectivity index (χ1v) is 7.02. The predicted molar refractivity (Wildman–Crippen MR) is 71.0 cm³/mol. The van der Waals surface area contributed by atoms with Crippen LogP contribution in [0.2, 0.25) is 0 Å². The Morgan fingerprint density at radius 3 is 2.63 bits per heavy atom. The molecule has 2 aliphatic rings. The molecule has 0 aromatic heterocycles. The summed E-state index contributed by atoms with van der Waals surface area (Å²) >= 11 is 0. The standard InChI is InChI=1S/C16H18O3/c17-14-7-3-6-12(14)13-9-8-10-4-1-2-5-11(10)15(13)16(18)19/h1-2,4-5,12-13,15H,3,6-9H2,(H,18,19). The number of carbonyl (C=O) groups excluding carboxylic acids is 1. The molecule has 0 bridgehead atoms. The lowest BCUT2D eigenvalue weighted by Crippen LogP contribution is -2.33. The van der Waals surface area contributed by atoms with Gasteiger partial charge in [-0.3, -0.25) is 9.59 Å². The van der Waals surface area contributed by atoms with Crippen LogP contribution >= 0.6 is 0 Å². The second kappa shape index (κ2) is 4.80. The van der Waals surface area contributed by atoms with Gasteiger partial charge in [-0.1, -0.05) is 24.3 Å². The largest absolute Gasteiger partial charge is 0.481 e. The van der Waals surface area contributed by atoms with E-state index in [0.29, 0.717) is 6.42 Å². The van der Waals surface area contributed by atoms with E-state index in [9.17, 15) is 14.7 Å². The van der Waals surface area contributed by atoms with Crippen LogP contribution in [0.4, 0.5) is 0 Å². The highest BCUT2D eigenvalue weighted by Gasteiger charge is 2.42. The molecule has 1 N–H and O–H groups in total. The van der Waals surface area contributed by atoms with Crippen molar-refractivity contribution in [1.82, 2.24) is 0 Å². The molecule has 0 radical (unpaired) electrons. The summed E-state index contributed by atoms with van der Waals surface area (Å²) < 4.78 is 0. The van der Waals surface area contributed by atoms with Gasteiger partial charge in [-0.05, 0) is 42.7 Å². The van der Waals surface area contributed by atoms with E-state index < -0.39 is 11.9 Å².